The molecule has 0 fully saturated rings. The number of rotatable bonds is 0. The van der Waals surface area contributed by atoms with Crippen molar-refractivity contribution in [3.05, 3.63) is 17.6 Å². The van der Waals surface area contributed by atoms with Gasteiger partial charge in [-0.15, -0.1) is 4.39 Å². The maximum absolute atomic E-state index is 12.4. The van der Waals surface area contributed by atoms with Crippen molar-refractivity contribution in [2.24, 2.45) is 0 Å². The summed E-state index contributed by atoms with van der Waals surface area (Å²) < 4.78 is 17.1. The molecule has 62 valence electrons. The molecule has 0 aliphatic heterocycles. The van der Waals surface area contributed by atoms with E-state index in [4.69, 9.17) is 0 Å². The van der Waals surface area contributed by atoms with Gasteiger partial charge in [0, 0.05) is 5.41 Å². The van der Waals surface area contributed by atoms with E-state index in [1.165, 1.54) is 0 Å². The van der Waals surface area contributed by atoms with Crippen LogP contribution in [0.4, 0.5) is 4.39 Å². The van der Waals surface area contributed by atoms with Crippen molar-refractivity contribution in [3.8, 4) is 0 Å². The van der Waals surface area contributed by atoms with Crippen molar-refractivity contribution in [1.29, 1.82) is 0 Å². The molecule has 1 heterocycles. The van der Waals surface area contributed by atoms with Crippen LogP contribution in [0.5, 0.6) is 0 Å². The smallest absolute Gasteiger partial charge is 0.381 e. The molecule has 0 aliphatic carbocycles. The van der Waals surface area contributed by atoms with Crippen LogP contribution >= 0.6 is 0 Å². The topological polar surface area (TPSA) is 26.0 Å². The fourth-order valence-electron chi connectivity index (χ4n) is 1.06. The van der Waals surface area contributed by atoms with Gasteiger partial charge in [-0.2, -0.15) is 4.98 Å². The third-order valence-electron chi connectivity index (χ3n) is 1.48. The lowest BCUT2D eigenvalue weighted by atomic mass is 9.91. The van der Waals surface area contributed by atoms with E-state index in [-0.39, 0.29) is 5.41 Å². The Hall–Kier alpha value is -0.860. The maximum Gasteiger partial charge on any atom is 0.381 e. The lowest BCUT2D eigenvalue weighted by Crippen LogP contribution is -2.13. The highest BCUT2D eigenvalue weighted by molar-refractivity contribution is 5.15. The average molecular weight is 157 g/mol. The quantitative estimate of drug-likeness (QED) is 0.578. The van der Waals surface area contributed by atoms with E-state index in [1.807, 2.05) is 20.8 Å². The number of oxazole rings is 1. The van der Waals surface area contributed by atoms with Gasteiger partial charge in [-0.1, -0.05) is 20.8 Å². The van der Waals surface area contributed by atoms with Gasteiger partial charge in [-0.05, 0) is 6.92 Å². The molecule has 11 heavy (non-hydrogen) atoms. The first-order valence-electron chi connectivity index (χ1n) is 3.54. The number of nitrogens with zero attached hydrogens (tertiary/aromatic N) is 1. The predicted molar refractivity (Wildman–Crippen MR) is 39.9 cm³/mol. The zero-order valence-corrected chi connectivity index (χ0v) is 7.23. The summed E-state index contributed by atoms with van der Waals surface area (Å²) in [5, 5.41) is 0. The second kappa shape index (κ2) is 2.32. The lowest BCUT2D eigenvalue weighted by molar-refractivity contribution is 0.325. The van der Waals surface area contributed by atoms with Crippen LogP contribution in [-0.2, 0) is 5.41 Å². The van der Waals surface area contributed by atoms with Gasteiger partial charge in [0.2, 0.25) is 0 Å². The van der Waals surface area contributed by atoms with Crippen molar-refractivity contribution in [3.63, 3.8) is 0 Å². The minimum atomic E-state index is -0.743. The van der Waals surface area contributed by atoms with E-state index in [9.17, 15) is 4.39 Å². The van der Waals surface area contributed by atoms with Gasteiger partial charge in [-0.3, -0.25) is 0 Å². The zero-order chi connectivity index (χ0) is 8.65. The SMILES string of the molecule is Cc1oc(F)nc1C(C)(C)C. The summed E-state index contributed by atoms with van der Waals surface area (Å²) in [4.78, 5) is 3.65. The molecule has 0 saturated carbocycles. The molecule has 2 nitrogen and oxygen atoms in total. The van der Waals surface area contributed by atoms with Crippen LogP contribution < -0.4 is 0 Å². The van der Waals surface area contributed by atoms with Gasteiger partial charge in [0.1, 0.15) is 5.76 Å². The summed E-state index contributed by atoms with van der Waals surface area (Å²) in [7, 11) is 0. The largest absolute Gasteiger partial charge is 0.420 e. The number of halogens is 1. The van der Waals surface area contributed by atoms with Gasteiger partial charge in [0.15, 0.2) is 0 Å². The van der Waals surface area contributed by atoms with E-state index in [0.29, 0.717) is 11.5 Å². The fraction of sp³-hybridized carbons (Fsp3) is 0.625. The molecule has 0 atom stereocenters. The molecule has 0 spiro atoms. The van der Waals surface area contributed by atoms with Crippen LogP contribution in [0.3, 0.4) is 0 Å². The Labute approximate surface area is 65.4 Å². The minimum Gasteiger partial charge on any atom is -0.420 e. The molecule has 1 rings (SSSR count). The Balaban J connectivity index is 3.13. The van der Waals surface area contributed by atoms with Crippen LogP contribution in [0.2, 0.25) is 0 Å². The highest BCUT2D eigenvalue weighted by atomic mass is 19.1. The number of hydrogen-bond donors (Lipinski definition) is 0. The second-order valence-corrected chi connectivity index (χ2v) is 3.62. The second-order valence-electron chi connectivity index (χ2n) is 3.62. The maximum atomic E-state index is 12.4. The summed E-state index contributed by atoms with van der Waals surface area (Å²) in [6.45, 7) is 7.63. The van der Waals surface area contributed by atoms with Crippen molar-refractivity contribution < 1.29 is 8.81 Å². The molecule has 0 bridgehead atoms. The van der Waals surface area contributed by atoms with E-state index >= 15 is 0 Å². The fourth-order valence-corrected chi connectivity index (χ4v) is 1.06. The summed E-state index contributed by atoms with van der Waals surface area (Å²) in [6.07, 6.45) is -0.743. The van der Waals surface area contributed by atoms with Gasteiger partial charge < -0.3 is 4.42 Å². The number of aromatic nitrogens is 1. The first-order chi connectivity index (χ1) is 4.91. The summed E-state index contributed by atoms with van der Waals surface area (Å²) in [5.41, 5.74) is 0.549. The van der Waals surface area contributed by atoms with Crippen molar-refractivity contribution in [1.82, 2.24) is 4.98 Å². The Bertz CT molecular complexity index is 260. The third-order valence-corrected chi connectivity index (χ3v) is 1.48. The van der Waals surface area contributed by atoms with Crippen LogP contribution in [-0.4, -0.2) is 4.98 Å². The highest BCUT2D eigenvalue weighted by Gasteiger charge is 2.22. The predicted octanol–water partition coefficient (Wildman–Crippen LogP) is 2.42. The average Bonchev–Trinajstić information content (AvgIpc) is 2.08. The molecular weight excluding hydrogens is 145 g/mol. The molecule has 1 aromatic heterocycles. The molecule has 3 heteroatoms. The van der Waals surface area contributed by atoms with Crippen LogP contribution in [0.25, 0.3) is 0 Å². The molecule has 0 radical (unpaired) electrons. The van der Waals surface area contributed by atoms with Gasteiger partial charge in [-0.25, -0.2) is 0 Å². The van der Waals surface area contributed by atoms with E-state index < -0.39 is 6.14 Å². The van der Waals surface area contributed by atoms with Gasteiger partial charge >= 0.3 is 6.14 Å². The molecule has 1 aromatic rings. The zero-order valence-electron chi connectivity index (χ0n) is 7.23. The Morgan fingerprint density at radius 2 is 1.91 bits per heavy atom. The Morgan fingerprint density at radius 3 is 2.09 bits per heavy atom. The molecule has 0 unspecified atom stereocenters. The summed E-state index contributed by atoms with van der Waals surface area (Å²) in [6, 6.07) is 0. The van der Waals surface area contributed by atoms with E-state index in [1.54, 1.807) is 6.92 Å². The van der Waals surface area contributed by atoms with Crippen molar-refractivity contribution in [2.45, 2.75) is 33.1 Å². The van der Waals surface area contributed by atoms with E-state index in [0.717, 1.165) is 0 Å². The monoisotopic (exact) mass is 157 g/mol. The van der Waals surface area contributed by atoms with E-state index in [2.05, 4.69) is 9.40 Å². The highest BCUT2D eigenvalue weighted by Crippen LogP contribution is 2.24. The first kappa shape index (κ1) is 8.24. The van der Waals surface area contributed by atoms with Crippen LogP contribution in [0.1, 0.15) is 32.2 Å². The van der Waals surface area contributed by atoms with Gasteiger partial charge in [0.25, 0.3) is 0 Å². The molecule has 0 aromatic carbocycles. The normalized spacial score (nSPS) is 12.1. The first-order valence-corrected chi connectivity index (χ1v) is 3.54. The molecule has 0 N–H and O–H groups in total. The van der Waals surface area contributed by atoms with Crippen molar-refractivity contribution in [2.75, 3.05) is 0 Å². The standard InChI is InChI=1S/C8H12FNO/c1-5-6(8(2,3)4)10-7(9)11-5/h1-4H3. The van der Waals surface area contributed by atoms with Crippen LogP contribution in [0, 0.1) is 13.1 Å². The van der Waals surface area contributed by atoms with Crippen molar-refractivity contribution >= 4 is 0 Å². The summed E-state index contributed by atoms with van der Waals surface area (Å²) in [5.74, 6) is 0.565. The molecule has 0 aliphatic rings. The third kappa shape index (κ3) is 1.59. The number of hydrogen-bond acceptors (Lipinski definition) is 2. The Morgan fingerprint density at radius 1 is 1.36 bits per heavy atom. The molecule has 0 saturated heterocycles. The number of aryl methyl sites for hydroxylation is 1. The Kier molecular flexibility index (Phi) is 1.74. The van der Waals surface area contributed by atoms with Gasteiger partial charge in [0.05, 0.1) is 5.69 Å². The lowest BCUT2D eigenvalue weighted by Gasteiger charge is -2.14. The summed E-state index contributed by atoms with van der Waals surface area (Å²) >= 11 is 0. The molecule has 0 amide bonds. The minimum absolute atomic E-state index is 0.141. The van der Waals surface area contributed by atoms with Crippen LogP contribution in [0.15, 0.2) is 4.42 Å². The molecular formula is C8H12FNO.